The highest BCUT2D eigenvalue weighted by molar-refractivity contribution is 7.98. The first-order chi connectivity index (χ1) is 12.1. The number of thioether (sulfide) groups is 1. The third-order valence-corrected chi connectivity index (χ3v) is 4.67. The zero-order valence-corrected chi connectivity index (χ0v) is 15.0. The van der Waals surface area contributed by atoms with E-state index in [0.29, 0.717) is 11.6 Å². The molecule has 1 heterocycles. The molecule has 0 atom stereocenters. The molecule has 0 bridgehead atoms. The summed E-state index contributed by atoms with van der Waals surface area (Å²) < 4.78 is 5.49. The average Bonchev–Trinajstić information content (AvgIpc) is 3.04. The highest BCUT2D eigenvalue weighted by Gasteiger charge is 2.12. The van der Waals surface area contributed by atoms with Gasteiger partial charge < -0.3 is 4.42 Å². The Hall–Kier alpha value is -2.60. The molecule has 0 aliphatic heterocycles. The summed E-state index contributed by atoms with van der Waals surface area (Å²) in [4.78, 5) is 13.3. The first-order valence-corrected chi connectivity index (χ1v) is 8.95. The number of benzene rings is 2. The number of aromatic nitrogens is 2. The smallest absolute Gasteiger partial charge is 0.322 e. The quantitative estimate of drug-likeness (QED) is 0.674. The highest BCUT2D eigenvalue weighted by Crippen LogP contribution is 2.22. The minimum Gasteiger partial charge on any atom is -0.407 e. The lowest BCUT2D eigenvalue weighted by Crippen LogP contribution is -2.15. The van der Waals surface area contributed by atoms with Gasteiger partial charge in [0.1, 0.15) is 0 Å². The van der Waals surface area contributed by atoms with Gasteiger partial charge in [-0.25, -0.2) is 0 Å². The Bertz CT molecular complexity index is 862. The van der Waals surface area contributed by atoms with Gasteiger partial charge >= 0.3 is 6.01 Å². The predicted octanol–water partition coefficient (Wildman–Crippen LogP) is 4.16. The van der Waals surface area contributed by atoms with Crippen molar-refractivity contribution in [2.24, 2.45) is 0 Å². The summed E-state index contributed by atoms with van der Waals surface area (Å²) in [5.41, 5.74) is 3.22. The first kappa shape index (κ1) is 17.2. The number of hydrogen-bond donors (Lipinski definition) is 1. The van der Waals surface area contributed by atoms with Crippen LogP contribution in [0.4, 0.5) is 6.01 Å². The van der Waals surface area contributed by atoms with Crippen LogP contribution in [-0.4, -0.2) is 16.1 Å². The summed E-state index contributed by atoms with van der Waals surface area (Å²) in [6, 6.07) is 16.2. The predicted molar refractivity (Wildman–Crippen MR) is 98.6 cm³/mol. The van der Waals surface area contributed by atoms with Crippen molar-refractivity contribution in [3.8, 4) is 0 Å². The van der Waals surface area contributed by atoms with Crippen molar-refractivity contribution >= 4 is 23.7 Å². The van der Waals surface area contributed by atoms with Crippen molar-refractivity contribution in [2.75, 3.05) is 5.32 Å². The lowest BCUT2D eigenvalue weighted by Gasteiger charge is -2.06. The van der Waals surface area contributed by atoms with E-state index in [4.69, 9.17) is 4.42 Å². The first-order valence-electron chi connectivity index (χ1n) is 7.96. The summed E-state index contributed by atoms with van der Waals surface area (Å²) in [7, 11) is 0. The van der Waals surface area contributed by atoms with E-state index in [0.717, 1.165) is 21.6 Å². The number of rotatable bonds is 6. The van der Waals surface area contributed by atoms with Gasteiger partial charge in [-0.3, -0.25) is 10.1 Å². The maximum absolute atomic E-state index is 12.2. The van der Waals surface area contributed by atoms with Gasteiger partial charge in [0.15, 0.2) is 0 Å². The Morgan fingerprint density at radius 2 is 1.92 bits per heavy atom. The van der Waals surface area contributed by atoms with Crippen LogP contribution in [0.5, 0.6) is 0 Å². The number of carbonyl (C=O) groups excluding carboxylic acids is 1. The molecule has 6 heteroatoms. The molecule has 1 amide bonds. The van der Waals surface area contributed by atoms with Crippen molar-refractivity contribution < 1.29 is 9.21 Å². The number of nitrogens with one attached hydrogen (secondary N) is 1. The lowest BCUT2D eigenvalue weighted by atomic mass is 10.0. The second kappa shape index (κ2) is 7.98. The fourth-order valence-electron chi connectivity index (χ4n) is 2.35. The van der Waals surface area contributed by atoms with Gasteiger partial charge in [0.25, 0.3) is 0 Å². The Labute approximate surface area is 150 Å². The van der Waals surface area contributed by atoms with Gasteiger partial charge in [-0.1, -0.05) is 47.1 Å². The van der Waals surface area contributed by atoms with E-state index in [1.54, 1.807) is 11.8 Å². The van der Waals surface area contributed by atoms with Crippen LogP contribution in [0.25, 0.3) is 0 Å². The molecular formula is C19H19N3O2S. The maximum Gasteiger partial charge on any atom is 0.322 e. The molecule has 0 radical (unpaired) electrons. The molecule has 3 aromatic rings. The van der Waals surface area contributed by atoms with Crippen molar-refractivity contribution in [1.29, 1.82) is 0 Å². The normalized spacial score (nSPS) is 10.6. The van der Waals surface area contributed by atoms with Crippen LogP contribution in [0, 0.1) is 13.8 Å². The summed E-state index contributed by atoms with van der Waals surface area (Å²) >= 11 is 1.60. The van der Waals surface area contributed by atoms with Crippen molar-refractivity contribution in [3.63, 3.8) is 0 Å². The molecule has 0 unspecified atom stereocenters. The zero-order valence-electron chi connectivity index (χ0n) is 14.2. The van der Waals surface area contributed by atoms with Crippen LogP contribution in [0.15, 0.2) is 57.8 Å². The number of anilines is 1. The molecule has 128 valence electrons. The van der Waals surface area contributed by atoms with E-state index in [2.05, 4.69) is 15.5 Å². The second-order valence-corrected chi connectivity index (χ2v) is 6.81. The van der Waals surface area contributed by atoms with Gasteiger partial charge in [0, 0.05) is 4.90 Å². The van der Waals surface area contributed by atoms with Crippen LogP contribution < -0.4 is 5.32 Å². The van der Waals surface area contributed by atoms with Crippen molar-refractivity contribution in [2.45, 2.75) is 30.9 Å². The van der Waals surface area contributed by atoms with E-state index < -0.39 is 0 Å². The molecule has 3 rings (SSSR count). The van der Waals surface area contributed by atoms with E-state index in [-0.39, 0.29) is 18.3 Å². The Morgan fingerprint density at radius 3 is 2.72 bits per heavy atom. The molecule has 0 aliphatic carbocycles. The van der Waals surface area contributed by atoms with Crippen LogP contribution in [0.3, 0.4) is 0 Å². The average molecular weight is 353 g/mol. The maximum atomic E-state index is 12.2. The molecular weight excluding hydrogens is 334 g/mol. The molecule has 0 spiro atoms. The minimum absolute atomic E-state index is 0.138. The third kappa shape index (κ3) is 4.93. The van der Waals surface area contributed by atoms with Crippen molar-refractivity contribution in [3.05, 3.63) is 71.1 Å². The zero-order chi connectivity index (χ0) is 17.6. The topological polar surface area (TPSA) is 68.0 Å². The summed E-state index contributed by atoms with van der Waals surface area (Å²) in [5, 5.41) is 10.5. The summed E-state index contributed by atoms with van der Waals surface area (Å²) in [6.45, 7) is 4.00. The molecule has 0 saturated carbocycles. The van der Waals surface area contributed by atoms with E-state index in [9.17, 15) is 4.79 Å². The molecule has 1 N–H and O–H groups in total. The van der Waals surface area contributed by atoms with Crippen LogP contribution >= 0.6 is 11.8 Å². The Kier molecular flexibility index (Phi) is 5.50. The SMILES string of the molecule is Cc1ccc(C)c(CC(=O)Nc2nnc(CSc3ccccc3)o2)c1. The largest absolute Gasteiger partial charge is 0.407 e. The fraction of sp³-hybridized carbons (Fsp3) is 0.211. The molecule has 0 saturated heterocycles. The van der Waals surface area contributed by atoms with Gasteiger partial charge in [-0.05, 0) is 37.1 Å². The molecule has 0 fully saturated rings. The molecule has 2 aromatic carbocycles. The lowest BCUT2D eigenvalue weighted by molar-refractivity contribution is -0.115. The van der Waals surface area contributed by atoms with Crippen LogP contribution in [-0.2, 0) is 17.0 Å². The standard InChI is InChI=1S/C19H19N3O2S/c1-13-8-9-14(2)15(10-13)11-17(23)20-19-22-21-18(24-19)12-25-16-6-4-3-5-7-16/h3-10H,11-12H2,1-2H3,(H,20,22,23). The Morgan fingerprint density at radius 1 is 1.12 bits per heavy atom. The number of carbonyl (C=O) groups is 1. The highest BCUT2D eigenvalue weighted by atomic mass is 32.2. The summed E-state index contributed by atoms with van der Waals surface area (Å²) in [5.74, 6) is 0.875. The monoisotopic (exact) mass is 353 g/mol. The van der Waals surface area contributed by atoms with Gasteiger partial charge in [0.2, 0.25) is 11.8 Å². The van der Waals surface area contributed by atoms with Crippen molar-refractivity contribution in [1.82, 2.24) is 10.2 Å². The van der Waals surface area contributed by atoms with Crippen LogP contribution in [0.2, 0.25) is 0 Å². The van der Waals surface area contributed by atoms with Gasteiger partial charge in [-0.15, -0.1) is 16.9 Å². The molecule has 5 nitrogen and oxygen atoms in total. The molecule has 0 aliphatic rings. The summed E-state index contributed by atoms with van der Waals surface area (Å²) in [6.07, 6.45) is 0.282. The second-order valence-electron chi connectivity index (χ2n) is 5.76. The number of hydrogen-bond acceptors (Lipinski definition) is 5. The van der Waals surface area contributed by atoms with Crippen LogP contribution in [0.1, 0.15) is 22.6 Å². The molecule has 1 aromatic heterocycles. The van der Waals surface area contributed by atoms with E-state index in [1.165, 1.54) is 0 Å². The van der Waals surface area contributed by atoms with E-state index in [1.807, 2.05) is 62.4 Å². The molecule has 25 heavy (non-hydrogen) atoms. The fourth-order valence-corrected chi connectivity index (χ4v) is 3.11. The third-order valence-electron chi connectivity index (χ3n) is 3.67. The Balaban J connectivity index is 1.55. The minimum atomic E-state index is -0.167. The van der Waals surface area contributed by atoms with Gasteiger partial charge in [0.05, 0.1) is 12.2 Å². The number of amides is 1. The number of nitrogens with zero attached hydrogens (tertiary/aromatic N) is 2. The number of aryl methyl sites for hydroxylation is 2. The van der Waals surface area contributed by atoms with Gasteiger partial charge in [-0.2, -0.15) is 0 Å². The van der Waals surface area contributed by atoms with E-state index >= 15 is 0 Å².